The molecule has 156 valence electrons. The molecule has 0 aromatic heterocycles. The van der Waals surface area contributed by atoms with E-state index in [1.165, 1.54) is 0 Å². The van der Waals surface area contributed by atoms with Gasteiger partial charge in [-0.15, -0.1) is 0 Å². The number of carbonyl (C=O) groups is 1. The number of sulfonamides is 1. The van der Waals surface area contributed by atoms with Crippen molar-refractivity contribution < 1.29 is 13.2 Å². The molecule has 0 aliphatic carbocycles. The molecular weight excluding hydrogens is 398 g/mol. The molecule has 30 heavy (non-hydrogen) atoms. The number of hydrogen-bond donors (Lipinski definition) is 3. The number of nitrogens with one attached hydrogen (secondary N) is 3. The Bertz CT molecular complexity index is 1100. The minimum Gasteiger partial charge on any atom is -0.330 e. The number of aryl methyl sites for hydroxylation is 2. The summed E-state index contributed by atoms with van der Waals surface area (Å²) in [5, 5.41) is 5.61. The van der Waals surface area contributed by atoms with Crippen LogP contribution in [0.2, 0.25) is 0 Å². The molecule has 0 heterocycles. The van der Waals surface area contributed by atoms with Crippen LogP contribution in [-0.2, 0) is 10.0 Å². The predicted molar refractivity (Wildman–Crippen MR) is 119 cm³/mol. The van der Waals surface area contributed by atoms with E-state index in [1.54, 1.807) is 31.2 Å². The molecule has 2 amide bonds. The second kappa shape index (κ2) is 9.56. The molecule has 0 radical (unpaired) electrons. The van der Waals surface area contributed by atoms with Gasteiger partial charge in [0.25, 0.3) is 0 Å². The summed E-state index contributed by atoms with van der Waals surface area (Å²) in [5.41, 5.74) is 3.11. The molecule has 3 N–H and O–H groups in total. The average Bonchev–Trinajstić information content (AvgIpc) is 2.72. The van der Waals surface area contributed by atoms with Crippen molar-refractivity contribution >= 4 is 21.7 Å². The smallest absolute Gasteiger partial charge is 0.319 e. The Morgan fingerprint density at radius 3 is 2.17 bits per heavy atom. The zero-order chi connectivity index (χ0) is 21.6. The van der Waals surface area contributed by atoms with Crippen molar-refractivity contribution in [2.75, 3.05) is 11.9 Å². The SMILES string of the molecule is Cc1ccc(S(=O)(=O)NC[C@@H](NC(=O)Nc2ccccc2)c2ccccc2)c(C)c1. The fraction of sp³-hybridized carbons (Fsp3) is 0.174. The Balaban J connectivity index is 1.75. The summed E-state index contributed by atoms with van der Waals surface area (Å²) in [7, 11) is -3.73. The minimum atomic E-state index is -3.73. The highest BCUT2D eigenvalue weighted by molar-refractivity contribution is 7.89. The Morgan fingerprint density at radius 1 is 0.900 bits per heavy atom. The highest BCUT2D eigenvalue weighted by atomic mass is 32.2. The molecule has 0 spiro atoms. The zero-order valence-corrected chi connectivity index (χ0v) is 17.7. The molecule has 0 aliphatic rings. The van der Waals surface area contributed by atoms with Gasteiger partial charge in [0.1, 0.15) is 0 Å². The van der Waals surface area contributed by atoms with E-state index in [0.717, 1.165) is 11.1 Å². The van der Waals surface area contributed by atoms with Crippen molar-refractivity contribution in [1.82, 2.24) is 10.0 Å². The van der Waals surface area contributed by atoms with E-state index >= 15 is 0 Å². The first kappa shape index (κ1) is 21.5. The van der Waals surface area contributed by atoms with Crippen LogP contribution < -0.4 is 15.4 Å². The predicted octanol–water partition coefficient (Wildman–Crippen LogP) is 4.14. The number of carbonyl (C=O) groups excluding carboxylic acids is 1. The van der Waals surface area contributed by atoms with Gasteiger partial charge in [-0.3, -0.25) is 0 Å². The Hall–Kier alpha value is -3.16. The maximum Gasteiger partial charge on any atom is 0.319 e. The van der Waals surface area contributed by atoms with Gasteiger partial charge in [0.05, 0.1) is 10.9 Å². The lowest BCUT2D eigenvalue weighted by molar-refractivity contribution is 0.248. The van der Waals surface area contributed by atoms with Crippen LogP contribution in [0.25, 0.3) is 0 Å². The highest BCUT2D eigenvalue weighted by Crippen LogP contribution is 2.18. The number of hydrogen-bond acceptors (Lipinski definition) is 3. The van der Waals surface area contributed by atoms with Crippen LogP contribution in [-0.4, -0.2) is 21.0 Å². The van der Waals surface area contributed by atoms with Gasteiger partial charge in [0.15, 0.2) is 0 Å². The maximum atomic E-state index is 12.8. The van der Waals surface area contributed by atoms with E-state index in [-0.39, 0.29) is 11.4 Å². The summed E-state index contributed by atoms with van der Waals surface area (Å²) >= 11 is 0. The molecule has 6 nitrogen and oxygen atoms in total. The molecule has 3 aromatic carbocycles. The van der Waals surface area contributed by atoms with Gasteiger partial charge < -0.3 is 10.6 Å². The van der Waals surface area contributed by atoms with Gasteiger partial charge in [-0.1, -0.05) is 66.2 Å². The Morgan fingerprint density at radius 2 is 1.53 bits per heavy atom. The second-order valence-corrected chi connectivity index (χ2v) is 8.78. The average molecular weight is 424 g/mol. The third-order valence-electron chi connectivity index (χ3n) is 4.64. The van der Waals surface area contributed by atoms with Gasteiger partial charge in [0.2, 0.25) is 10.0 Å². The second-order valence-electron chi connectivity index (χ2n) is 7.05. The van der Waals surface area contributed by atoms with Crippen LogP contribution in [0.1, 0.15) is 22.7 Å². The number of para-hydroxylation sites is 1. The van der Waals surface area contributed by atoms with Crippen molar-refractivity contribution in [3.63, 3.8) is 0 Å². The van der Waals surface area contributed by atoms with E-state index in [9.17, 15) is 13.2 Å². The van der Waals surface area contributed by atoms with Crippen LogP contribution in [0, 0.1) is 13.8 Å². The normalized spacial score (nSPS) is 12.2. The molecule has 0 unspecified atom stereocenters. The molecule has 0 saturated carbocycles. The molecule has 0 aliphatic heterocycles. The molecule has 7 heteroatoms. The van der Waals surface area contributed by atoms with Crippen molar-refractivity contribution in [3.8, 4) is 0 Å². The number of urea groups is 1. The summed E-state index contributed by atoms with van der Waals surface area (Å²) in [6.07, 6.45) is 0. The standard InChI is InChI=1S/C23H25N3O3S/c1-17-13-14-22(18(2)15-17)30(28,29)24-16-21(19-9-5-3-6-10-19)26-23(27)25-20-11-7-4-8-12-20/h3-15,21,24H,16H2,1-2H3,(H2,25,26,27)/t21-/m1/s1. The molecule has 3 aromatic rings. The number of rotatable bonds is 7. The van der Waals surface area contributed by atoms with Crippen LogP contribution in [0.3, 0.4) is 0 Å². The number of amides is 2. The third kappa shape index (κ3) is 5.68. The Kier molecular flexibility index (Phi) is 6.87. The Labute approximate surface area is 177 Å². The molecule has 0 fully saturated rings. The summed E-state index contributed by atoms with van der Waals surface area (Å²) in [4.78, 5) is 12.7. The van der Waals surface area contributed by atoms with Crippen molar-refractivity contribution in [2.24, 2.45) is 0 Å². The number of benzene rings is 3. The lowest BCUT2D eigenvalue weighted by atomic mass is 10.1. The summed E-state index contributed by atoms with van der Waals surface area (Å²) < 4.78 is 28.3. The van der Waals surface area contributed by atoms with Gasteiger partial charge in [-0.2, -0.15) is 0 Å². The number of anilines is 1. The summed E-state index contributed by atoms with van der Waals surface area (Å²) in [6, 6.07) is 22.5. The lowest BCUT2D eigenvalue weighted by Crippen LogP contribution is -2.39. The van der Waals surface area contributed by atoms with Gasteiger partial charge in [-0.25, -0.2) is 17.9 Å². The molecular formula is C23H25N3O3S. The maximum absolute atomic E-state index is 12.8. The minimum absolute atomic E-state index is 0.0157. The first-order valence-electron chi connectivity index (χ1n) is 9.59. The van der Waals surface area contributed by atoms with Crippen LogP contribution in [0.4, 0.5) is 10.5 Å². The van der Waals surface area contributed by atoms with E-state index in [1.807, 2.05) is 61.5 Å². The van der Waals surface area contributed by atoms with Gasteiger partial charge in [0, 0.05) is 12.2 Å². The quantitative estimate of drug-likeness (QED) is 0.534. The monoisotopic (exact) mass is 423 g/mol. The van der Waals surface area contributed by atoms with Crippen LogP contribution in [0.15, 0.2) is 83.8 Å². The first-order valence-corrected chi connectivity index (χ1v) is 11.1. The van der Waals surface area contributed by atoms with E-state index in [0.29, 0.717) is 11.3 Å². The molecule has 1 atom stereocenters. The van der Waals surface area contributed by atoms with E-state index < -0.39 is 22.1 Å². The third-order valence-corrected chi connectivity index (χ3v) is 6.22. The lowest BCUT2D eigenvalue weighted by Gasteiger charge is -2.21. The van der Waals surface area contributed by atoms with Crippen molar-refractivity contribution in [2.45, 2.75) is 24.8 Å². The van der Waals surface area contributed by atoms with Crippen LogP contribution >= 0.6 is 0 Å². The van der Waals surface area contributed by atoms with E-state index in [4.69, 9.17) is 0 Å². The molecule has 0 saturated heterocycles. The first-order chi connectivity index (χ1) is 14.3. The topological polar surface area (TPSA) is 87.3 Å². The van der Waals surface area contributed by atoms with Crippen LogP contribution in [0.5, 0.6) is 0 Å². The fourth-order valence-corrected chi connectivity index (χ4v) is 4.43. The van der Waals surface area contributed by atoms with Crippen molar-refractivity contribution in [3.05, 3.63) is 95.6 Å². The highest BCUT2D eigenvalue weighted by Gasteiger charge is 2.21. The van der Waals surface area contributed by atoms with Gasteiger partial charge >= 0.3 is 6.03 Å². The fourth-order valence-electron chi connectivity index (χ4n) is 3.16. The van der Waals surface area contributed by atoms with E-state index in [2.05, 4.69) is 15.4 Å². The summed E-state index contributed by atoms with van der Waals surface area (Å²) in [6.45, 7) is 3.70. The largest absolute Gasteiger partial charge is 0.330 e. The molecule has 0 bridgehead atoms. The summed E-state index contributed by atoms with van der Waals surface area (Å²) in [5.74, 6) is 0. The zero-order valence-electron chi connectivity index (χ0n) is 16.9. The molecule has 3 rings (SSSR count). The van der Waals surface area contributed by atoms with Gasteiger partial charge in [-0.05, 0) is 43.2 Å². The van der Waals surface area contributed by atoms with Crippen molar-refractivity contribution in [1.29, 1.82) is 0 Å².